The summed E-state index contributed by atoms with van der Waals surface area (Å²) >= 11 is 0. The molecule has 32 heavy (non-hydrogen) atoms. The van der Waals surface area contributed by atoms with Crippen LogP contribution in [-0.4, -0.2) is 53.9 Å². The molecular formula is C26H32N4O2. The van der Waals surface area contributed by atoms with Crippen LogP contribution in [0.1, 0.15) is 48.0 Å². The molecular weight excluding hydrogens is 400 g/mol. The summed E-state index contributed by atoms with van der Waals surface area (Å²) < 4.78 is 0. The molecule has 2 unspecified atom stereocenters. The van der Waals surface area contributed by atoms with E-state index in [0.717, 1.165) is 57.6 Å². The zero-order valence-electron chi connectivity index (χ0n) is 18.6. The van der Waals surface area contributed by atoms with E-state index in [1.807, 2.05) is 30.3 Å². The smallest absolute Gasteiger partial charge is 0.252 e. The first-order valence-electron chi connectivity index (χ1n) is 12.0. The predicted octanol–water partition coefficient (Wildman–Crippen LogP) is 3.28. The monoisotopic (exact) mass is 432 g/mol. The van der Waals surface area contributed by atoms with Gasteiger partial charge in [-0.1, -0.05) is 30.3 Å². The van der Waals surface area contributed by atoms with Crippen molar-refractivity contribution in [3.05, 3.63) is 59.8 Å². The van der Waals surface area contributed by atoms with E-state index < -0.39 is 0 Å². The number of hydrogen-bond donors (Lipinski definition) is 1. The van der Waals surface area contributed by atoms with E-state index in [-0.39, 0.29) is 5.91 Å². The van der Waals surface area contributed by atoms with E-state index in [1.54, 1.807) is 6.20 Å². The zero-order chi connectivity index (χ0) is 21.9. The molecule has 0 radical (unpaired) electrons. The van der Waals surface area contributed by atoms with Gasteiger partial charge in [0.2, 0.25) is 5.91 Å². The highest BCUT2D eigenvalue weighted by atomic mass is 16.2. The number of benzene rings is 1. The Labute approximate surface area is 190 Å². The second-order valence-corrected chi connectivity index (χ2v) is 9.52. The summed E-state index contributed by atoms with van der Waals surface area (Å²) in [6.07, 6.45) is 7.66. The lowest BCUT2D eigenvalue weighted by Gasteiger charge is -2.52. The van der Waals surface area contributed by atoms with Crippen LogP contribution in [0.4, 0.5) is 5.82 Å². The van der Waals surface area contributed by atoms with Crippen molar-refractivity contribution in [2.75, 3.05) is 31.1 Å². The highest BCUT2D eigenvalue weighted by molar-refractivity contribution is 5.94. The number of aryl methyl sites for hydroxylation is 1. The SMILES string of the molecule is O=C(NCCCc1ccccc1)c1ccc(N2CC3CC(C2)[C@H]2CCCC(=O)N2C3)nc1. The van der Waals surface area contributed by atoms with Crippen LogP contribution in [0.5, 0.6) is 0 Å². The van der Waals surface area contributed by atoms with Crippen LogP contribution in [-0.2, 0) is 11.2 Å². The molecule has 3 atom stereocenters. The number of amides is 2. The van der Waals surface area contributed by atoms with Gasteiger partial charge < -0.3 is 15.1 Å². The van der Waals surface area contributed by atoms with Gasteiger partial charge >= 0.3 is 0 Å². The molecule has 1 aromatic carbocycles. The zero-order valence-corrected chi connectivity index (χ0v) is 18.6. The molecule has 5 rings (SSSR count). The molecule has 168 valence electrons. The van der Waals surface area contributed by atoms with Gasteiger partial charge in [-0.2, -0.15) is 0 Å². The summed E-state index contributed by atoms with van der Waals surface area (Å²) in [7, 11) is 0. The molecule has 4 heterocycles. The number of pyridine rings is 1. The van der Waals surface area contributed by atoms with Crippen LogP contribution in [0.2, 0.25) is 0 Å². The van der Waals surface area contributed by atoms with Crippen molar-refractivity contribution < 1.29 is 9.59 Å². The quantitative estimate of drug-likeness (QED) is 0.712. The van der Waals surface area contributed by atoms with Gasteiger partial charge in [-0.15, -0.1) is 0 Å². The fourth-order valence-corrected chi connectivity index (χ4v) is 5.75. The Morgan fingerprint density at radius 3 is 2.78 bits per heavy atom. The minimum Gasteiger partial charge on any atom is -0.356 e. The summed E-state index contributed by atoms with van der Waals surface area (Å²) in [6, 6.07) is 14.6. The standard InChI is InChI=1S/C26H32N4O2/c31-25-10-4-9-23-22-14-20(17-30(23)25)16-29(18-22)24-12-11-21(15-28-24)26(32)27-13-5-8-19-6-2-1-3-7-19/h1-3,6-7,11-12,15,20,22-23H,4-5,8-10,13-14,16-18H2,(H,27,32)/t20?,22?,23-/m1/s1. The summed E-state index contributed by atoms with van der Waals surface area (Å²) in [4.78, 5) is 34.0. The van der Waals surface area contributed by atoms with Gasteiger partial charge in [0.1, 0.15) is 5.82 Å². The Hall–Kier alpha value is -2.89. The van der Waals surface area contributed by atoms with Crippen LogP contribution < -0.4 is 10.2 Å². The number of nitrogens with one attached hydrogen (secondary N) is 1. The normalized spacial score (nSPS) is 24.8. The van der Waals surface area contributed by atoms with Crippen molar-refractivity contribution >= 4 is 17.6 Å². The van der Waals surface area contributed by atoms with E-state index in [9.17, 15) is 9.59 Å². The molecule has 6 heteroatoms. The van der Waals surface area contributed by atoms with Crippen LogP contribution >= 0.6 is 0 Å². The van der Waals surface area contributed by atoms with Crippen molar-refractivity contribution in [3.63, 3.8) is 0 Å². The van der Waals surface area contributed by atoms with E-state index in [2.05, 4.69) is 32.2 Å². The molecule has 0 spiro atoms. The first kappa shape index (κ1) is 21.0. The first-order valence-corrected chi connectivity index (χ1v) is 12.0. The Kier molecular flexibility index (Phi) is 6.10. The van der Waals surface area contributed by atoms with Crippen molar-refractivity contribution in [1.82, 2.24) is 15.2 Å². The highest BCUT2D eigenvalue weighted by Gasteiger charge is 2.44. The molecule has 6 nitrogen and oxygen atoms in total. The summed E-state index contributed by atoms with van der Waals surface area (Å²) in [6.45, 7) is 3.43. The number of fused-ring (bicyclic) bond motifs is 4. The molecule has 3 aliphatic heterocycles. The second-order valence-electron chi connectivity index (χ2n) is 9.52. The number of hydrogen-bond acceptors (Lipinski definition) is 4. The van der Waals surface area contributed by atoms with Gasteiger partial charge in [0.05, 0.1) is 5.56 Å². The van der Waals surface area contributed by atoms with Gasteiger partial charge in [-0.3, -0.25) is 9.59 Å². The van der Waals surface area contributed by atoms with Crippen LogP contribution in [0.25, 0.3) is 0 Å². The lowest BCUT2D eigenvalue weighted by atomic mass is 9.76. The Morgan fingerprint density at radius 1 is 1.09 bits per heavy atom. The number of piperidine rings is 3. The Morgan fingerprint density at radius 2 is 1.97 bits per heavy atom. The molecule has 2 bridgehead atoms. The van der Waals surface area contributed by atoms with Gasteiger partial charge in [0.25, 0.3) is 5.91 Å². The average molecular weight is 433 g/mol. The maximum atomic E-state index is 12.5. The van der Waals surface area contributed by atoms with Crippen molar-refractivity contribution in [2.24, 2.45) is 11.8 Å². The number of carbonyl (C=O) groups is 2. The van der Waals surface area contributed by atoms with E-state index in [1.165, 1.54) is 12.0 Å². The lowest BCUT2D eigenvalue weighted by Crippen LogP contribution is -2.60. The third-order valence-corrected chi connectivity index (χ3v) is 7.28. The van der Waals surface area contributed by atoms with Crippen LogP contribution in [0, 0.1) is 11.8 Å². The second kappa shape index (κ2) is 9.31. The number of aromatic nitrogens is 1. The summed E-state index contributed by atoms with van der Waals surface area (Å²) in [5, 5.41) is 3.01. The molecule has 3 saturated heterocycles. The molecule has 2 aromatic rings. The van der Waals surface area contributed by atoms with Gasteiger partial charge in [-0.25, -0.2) is 4.98 Å². The molecule has 1 aromatic heterocycles. The average Bonchev–Trinajstić information content (AvgIpc) is 2.83. The van der Waals surface area contributed by atoms with E-state index in [0.29, 0.717) is 35.9 Å². The molecule has 0 saturated carbocycles. The largest absolute Gasteiger partial charge is 0.356 e. The summed E-state index contributed by atoms with van der Waals surface area (Å²) in [5.74, 6) is 2.27. The maximum Gasteiger partial charge on any atom is 0.252 e. The third-order valence-electron chi connectivity index (χ3n) is 7.28. The minimum absolute atomic E-state index is 0.0658. The predicted molar refractivity (Wildman–Crippen MR) is 124 cm³/mol. The van der Waals surface area contributed by atoms with Crippen molar-refractivity contribution in [3.8, 4) is 0 Å². The number of rotatable bonds is 6. The Bertz CT molecular complexity index is 946. The topological polar surface area (TPSA) is 65.5 Å². The number of carbonyl (C=O) groups excluding carboxylic acids is 2. The molecule has 3 fully saturated rings. The van der Waals surface area contributed by atoms with Crippen molar-refractivity contribution in [1.29, 1.82) is 0 Å². The molecule has 2 amide bonds. The molecule has 0 aliphatic carbocycles. The lowest BCUT2D eigenvalue weighted by molar-refractivity contribution is -0.142. The molecule has 3 aliphatic rings. The van der Waals surface area contributed by atoms with Crippen molar-refractivity contribution in [2.45, 2.75) is 44.6 Å². The van der Waals surface area contributed by atoms with Gasteiger partial charge in [-0.05, 0) is 61.6 Å². The van der Waals surface area contributed by atoms with Crippen LogP contribution in [0.3, 0.4) is 0 Å². The van der Waals surface area contributed by atoms with Gasteiger partial charge in [0.15, 0.2) is 0 Å². The maximum absolute atomic E-state index is 12.5. The van der Waals surface area contributed by atoms with E-state index in [4.69, 9.17) is 0 Å². The fraction of sp³-hybridized carbons (Fsp3) is 0.500. The first-order chi connectivity index (χ1) is 15.7. The minimum atomic E-state index is -0.0658. The number of anilines is 1. The molecule has 1 N–H and O–H groups in total. The number of nitrogens with zero attached hydrogens (tertiary/aromatic N) is 3. The van der Waals surface area contributed by atoms with Gasteiger partial charge in [0, 0.05) is 44.8 Å². The highest BCUT2D eigenvalue weighted by Crippen LogP contribution is 2.38. The third kappa shape index (κ3) is 4.50. The fourth-order valence-electron chi connectivity index (χ4n) is 5.75. The Balaban J connectivity index is 1.14. The van der Waals surface area contributed by atoms with Crippen LogP contribution in [0.15, 0.2) is 48.7 Å². The summed E-state index contributed by atoms with van der Waals surface area (Å²) in [5.41, 5.74) is 1.90. The van der Waals surface area contributed by atoms with E-state index >= 15 is 0 Å².